The quantitative estimate of drug-likeness (QED) is 0.537. The molecule has 0 atom stereocenters. The lowest BCUT2D eigenvalue weighted by molar-refractivity contribution is 0.0899. The fourth-order valence-corrected chi connectivity index (χ4v) is 1.98. The predicted molar refractivity (Wildman–Crippen MR) is 54.5 cm³/mol. The maximum Gasteiger partial charge on any atom is 0.175 e. The van der Waals surface area contributed by atoms with Gasteiger partial charge >= 0.3 is 0 Å². The van der Waals surface area contributed by atoms with Gasteiger partial charge in [0, 0.05) is 13.0 Å². The molecule has 0 fully saturated rings. The Kier molecular flexibility index (Phi) is 4.12. The maximum atomic E-state index is 11.5. The Hall–Kier alpha value is -0.670. The third-order valence-corrected chi connectivity index (χ3v) is 2.85. The van der Waals surface area contributed by atoms with Crippen LogP contribution in [0.5, 0.6) is 0 Å². The molecule has 13 heavy (non-hydrogen) atoms. The van der Waals surface area contributed by atoms with E-state index >= 15 is 0 Å². The van der Waals surface area contributed by atoms with Crippen LogP contribution in [0.25, 0.3) is 0 Å². The third-order valence-electron chi connectivity index (χ3n) is 1.79. The lowest BCUT2D eigenvalue weighted by atomic mass is 10.2. The van der Waals surface area contributed by atoms with Crippen molar-refractivity contribution in [2.45, 2.75) is 20.3 Å². The first kappa shape index (κ1) is 10.4. The van der Waals surface area contributed by atoms with E-state index in [0.717, 1.165) is 10.4 Å². The van der Waals surface area contributed by atoms with Crippen molar-refractivity contribution in [2.75, 3.05) is 13.2 Å². The summed E-state index contributed by atoms with van der Waals surface area (Å²) in [6, 6.07) is 1.97. The van der Waals surface area contributed by atoms with Crippen molar-refractivity contribution in [3.05, 3.63) is 21.9 Å². The highest BCUT2D eigenvalue weighted by Crippen LogP contribution is 2.17. The van der Waals surface area contributed by atoms with E-state index in [4.69, 9.17) is 4.74 Å². The Morgan fingerprint density at radius 3 is 2.92 bits per heavy atom. The molecule has 0 N–H and O–H groups in total. The molecule has 1 aromatic heterocycles. The zero-order chi connectivity index (χ0) is 9.68. The number of carbonyl (C=O) groups excluding carboxylic acids is 1. The first-order valence-corrected chi connectivity index (χ1v) is 5.28. The number of carbonyl (C=O) groups is 1. The molecule has 0 aliphatic carbocycles. The number of Topliss-reactive ketones (excluding diaryl/α,β-unsaturated/α-hetero) is 1. The van der Waals surface area contributed by atoms with Gasteiger partial charge in [-0.3, -0.25) is 4.79 Å². The van der Waals surface area contributed by atoms with E-state index < -0.39 is 0 Å². The fraction of sp³-hybridized carbons (Fsp3) is 0.500. The summed E-state index contributed by atoms with van der Waals surface area (Å²) in [4.78, 5) is 12.4. The lowest BCUT2D eigenvalue weighted by Gasteiger charge is -1.99. The van der Waals surface area contributed by atoms with Gasteiger partial charge in [0.1, 0.15) is 0 Å². The van der Waals surface area contributed by atoms with Gasteiger partial charge in [0.05, 0.1) is 11.5 Å². The van der Waals surface area contributed by atoms with Gasteiger partial charge < -0.3 is 4.74 Å². The summed E-state index contributed by atoms with van der Waals surface area (Å²) in [6.07, 6.45) is 0.495. The predicted octanol–water partition coefficient (Wildman–Crippen LogP) is 2.67. The molecule has 1 rings (SSSR count). The highest BCUT2D eigenvalue weighted by molar-refractivity contribution is 7.12. The molecule has 0 aromatic carbocycles. The van der Waals surface area contributed by atoms with Crippen molar-refractivity contribution in [1.82, 2.24) is 0 Å². The van der Waals surface area contributed by atoms with Crippen molar-refractivity contribution in [3.8, 4) is 0 Å². The number of rotatable bonds is 5. The topological polar surface area (TPSA) is 26.3 Å². The minimum atomic E-state index is 0.195. The van der Waals surface area contributed by atoms with E-state index in [2.05, 4.69) is 0 Å². The van der Waals surface area contributed by atoms with Crippen LogP contribution in [0.2, 0.25) is 0 Å². The second-order valence-corrected chi connectivity index (χ2v) is 3.72. The van der Waals surface area contributed by atoms with Crippen LogP contribution in [0.1, 0.15) is 28.6 Å². The molecule has 0 aliphatic rings. The van der Waals surface area contributed by atoms with Crippen LogP contribution in [0.15, 0.2) is 11.4 Å². The Bertz CT molecular complexity index is 278. The monoisotopic (exact) mass is 198 g/mol. The number of hydrogen-bond acceptors (Lipinski definition) is 3. The lowest BCUT2D eigenvalue weighted by Crippen LogP contribution is -2.03. The summed E-state index contributed by atoms with van der Waals surface area (Å²) in [5.74, 6) is 0.195. The van der Waals surface area contributed by atoms with E-state index in [9.17, 15) is 4.79 Å². The molecule has 0 spiro atoms. The normalized spacial score (nSPS) is 10.3. The van der Waals surface area contributed by atoms with Crippen LogP contribution < -0.4 is 0 Å². The van der Waals surface area contributed by atoms with Gasteiger partial charge in [-0.1, -0.05) is 0 Å². The van der Waals surface area contributed by atoms with Crippen molar-refractivity contribution >= 4 is 17.1 Å². The van der Waals surface area contributed by atoms with Gasteiger partial charge in [-0.05, 0) is 30.9 Å². The molecular formula is C10H14O2S. The van der Waals surface area contributed by atoms with E-state index in [1.54, 1.807) is 0 Å². The Labute approximate surface area is 82.5 Å². The van der Waals surface area contributed by atoms with Crippen LogP contribution in [-0.4, -0.2) is 19.0 Å². The van der Waals surface area contributed by atoms with Crippen LogP contribution in [-0.2, 0) is 4.74 Å². The molecule has 1 heterocycles. The van der Waals surface area contributed by atoms with Crippen LogP contribution in [0.3, 0.4) is 0 Å². The Morgan fingerprint density at radius 1 is 1.62 bits per heavy atom. The number of ketones is 1. The number of hydrogen-bond donors (Lipinski definition) is 0. The number of ether oxygens (including phenoxy) is 1. The summed E-state index contributed by atoms with van der Waals surface area (Å²) < 4.78 is 5.13. The molecule has 0 saturated carbocycles. The molecule has 2 nitrogen and oxygen atoms in total. The maximum absolute atomic E-state index is 11.5. The Morgan fingerprint density at radius 2 is 2.38 bits per heavy atom. The first-order chi connectivity index (χ1) is 6.25. The van der Waals surface area contributed by atoms with Crippen molar-refractivity contribution in [2.24, 2.45) is 0 Å². The zero-order valence-corrected chi connectivity index (χ0v) is 8.82. The average molecular weight is 198 g/mol. The summed E-state index contributed by atoms with van der Waals surface area (Å²) in [6.45, 7) is 5.11. The Balaban J connectivity index is 2.45. The fourth-order valence-electron chi connectivity index (χ4n) is 1.08. The van der Waals surface area contributed by atoms with Crippen molar-refractivity contribution < 1.29 is 9.53 Å². The molecule has 0 amide bonds. The highest BCUT2D eigenvalue weighted by Gasteiger charge is 2.09. The second-order valence-electron chi connectivity index (χ2n) is 2.80. The molecule has 0 radical (unpaired) electrons. The van der Waals surface area contributed by atoms with E-state index in [1.807, 2.05) is 25.3 Å². The molecular weight excluding hydrogens is 184 g/mol. The summed E-state index contributed by atoms with van der Waals surface area (Å²) >= 11 is 1.51. The van der Waals surface area contributed by atoms with Crippen LogP contribution in [0.4, 0.5) is 0 Å². The van der Waals surface area contributed by atoms with Gasteiger partial charge in [0.15, 0.2) is 5.78 Å². The minimum Gasteiger partial charge on any atom is -0.381 e. The molecule has 0 aliphatic heterocycles. The summed E-state index contributed by atoms with van der Waals surface area (Å²) in [7, 11) is 0. The van der Waals surface area contributed by atoms with Gasteiger partial charge in [-0.15, -0.1) is 11.3 Å². The van der Waals surface area contributed by atoms with Crippen LogP contribution >= 0.6 is 11.3 Å². The zero-order valence-electron chi connectivity index (χ0n) is 8.00. The minimum absolute atomic E-state index is 0.195. The molecule has 3 heteroatoms. The standard InChI is InChI=1S/C10H14O2S/c1-3-12-6-4-9(11)10-8(2)5-7-13-10/h5,7H,3-4,6H2,1-2H3. The molecule has 0 bridgehead atoms. The van der Waals surface area contributed by atoms with Gasteiger partial charge in [-0.25, -0.2) is 0 Å². The SMILES string of the molecule is CCOCCC(=O)c1sccc1C. The number of thiophene rings is 1. The summed E-state index contributed by atoms with van der Waals surface area (Å²) in [5.41, 5.74) is 1.08. The second kappa shape index (κ2) is 5.14. The van der Waals surface area contributed by atoms with Gasteiger partial charge in [0.2, 0.25) is 0 Å². The smallest absolute Gasteiger partial charge is 0.175 e. The van der Waals surface area contributed by atoms with Gasteiger partial charge in [0.25, 0.3) is 0 Å². The molecule has 1 aromatic rings. The van der Waals surface area contributed by atoms with Crippen LogP contribution in [0, 0.1) is 6.92 Å². The van der Waals surface area contributed by atoms with E-state index in [0.29, 0.717) is 19.6 Å². The number of aryl methyl sites for hydroxylation is 1. The largest absolute Gasteiger partial charge is 0.381 e. The molecule has 0 unspecified atom stereocenters. The molecule has 0 saturated heterocycles. The van der Waals surface area contributed by atoms with E-state index in [-0.39, 0.29) is 5.78 Å². The van der Waals surface area contributed by atoms with Crippen molar-refractivity contribution in [1.29, 1.82) is 0 Å². The van der Waals surface area contributed by atoms with Gasteiger partial charge in [-0.2, -0.15) is 0 Å². The average Bonchev–Trinajstić information content (AvgIpc) is 2.52. The third kappa shape index (κ3) is 2.94. The van der Waals surface area contributed by atoms with E-state index in [1.165, 1.54) is 11.3 Å². The summed E-state index contributed by atoms with van der Waals surface area (Å²) in [5, 5.41) is 1.95. The van der Waals surface area contributed by atoms with Crippen molar-refractivity contribution in [3.63, 3.8) is 0 Å². The highest BCUT2D eigenvalue weighted by atomic mass is 32.1. The first-order valence-electron chi connectivity index (χ1n) is 4.40. The molecule has 72 valence electrons.